The number of halogens is 3. The van der Waals surface area contributed by atoms with Gasteiger partial charge < -0.3 is 10.1 Å². The molecule has 1 aromatic heterocycles. The molecule has 0 bridgehead atoms. The Labute approximate surface area is 183 Å². The quantitative estimate of drug-likeness (QED) is 0.460. The summed E-state index contributed by atoms with van der Waals surface area (Å²) in [5.74, 6) is -1.67. The van der Waals surface area contributed by atoms with Gasteiger partial charge in [-0.05, 0) is 42.0 Å². The lowest BCUT2D eigenvalue weighted by atomic mass is 10.2. The lowest BCUT2D eigenvalue weighted by Crippen LogP contribution is -2.31. The van der Waals surface area contributed by atoms with Crippen molar-refractivity contribution in [2.75, 3.05) is 11.1 Å². The molecule has 0 saturated heterocycles. The number of nitrogens with one attached hydrogen (secondary N) is 2. The fourth-order valence-electron chi connectivity index (χ4n) is 2.27. The number of amides is 2. The van der Waals surface area contributed by atoms with E-state index >= 15 is 0 Å². The number of alkyl halides is 2. The van der Waals surface area contributed by atoms with Gasteiger partial charge in [0.25, 0.3) is 5.91 Å². The van der Waals surface area contributed by atoms with Gasteiger partial charge in [0, 0.05) is 12.1 Å². The summed E-state index contributed by atoms with van der Waals surface area (Å²) in [6.07, 6.45) is 0. The zero-order valence-corrected chi connectivity index (χ0v) is 17.3. The van der Waals surface area contributed by atoms with Gasteiger partial charge in [-0.25, -0.2) is 4.39 Å². The summed E-state index contributed by atoms with van der Waals surface area (Å²) in [5, 5.41) is 13.7. The molecule has 2 amide bonds. The fourth-order valence-corrected chi connectivity index (χ4v) is 3.82. The molecule has 2 N–H and O–H groups in total. The molecule has 0 unspecified atom stereocenters. The second-order valence-corrected chi connectivity index (χ2v) is 8.12. The van der Waals surface area contributed by atoms with Gasteiger partial charge in [0.2, 0.25) is 11.0 Å². The Morgan fingerprint density at radius 2 is 1.77 bits per heavy atom. The summed E-state index contributed by atoms with van der Waals surface area (Å²) < 4.78 is 41.9. The van der Waals surface area contributed by atoms with Crippen molar-refractivity contribution in [3.05, 3.63) is 65.5 Å². The molecule has 7 nitrogen and oxygen atoms in total. The molecule has 162 valence electrons. The molecule has 0 saturated carbocycles. The van der Waals surface area contributed by atoms with Crippen LogP contribution in [0.2, 0.25) is 0 Å². The first-order chi connectivity index (χ1) is 14.9. The van der Waals surface area contributed by atoms with E-state index < -0.39 is 18.4 Å². The van der Waals surface area contributed by atoms with Crippen LogP contribution in [0.5, 0.6) is 5.75 Å². The molecule has 0 aliphatic rings. The Kier molecular flexibility index (Phi) is 7.84. The Hall–Kier alpha value is -3.12. The average molecular weight is 468 g/mol. The highest BCUT2D eigenvalue weighted by Crippen LogP contribution is 2.25. The van der Waals surface area contributed by atoms with Crippen LogP contribution >= 0.6 is 23.1 Å². The number of aromatic nitrogens is 2. The van der Waals surface area contributed by atoms with E-state index in [9.17, 15) is 22.8 Å². The highest BCUT2D eigenvalue weighted by molar-refractivity contribution is 8.01. The number of thioether (sulfide) groups is 1. The molecule has 3 rings (SSSR count). The third-order valence-electron chi connectivity index (χ3n) is 3.68. The number of nitrogens with zero attached hydrogens (tertiary/aromatic N) is 2. The smallest absolute Gasteiger partial charge is 0.387 e. The molecule has 0 radical (unpaired) electrons. The third kappa shape index (κ3) is 7.26. The van der Waals surface area contributed by atoms with Crippen molar-refractivity contribution in [3.63, 3.8) is 0 Å². The SMILES string of the molecule is O=C(CSc1nnc(NCc2ccc(F)cc2)s1)NC(=O)c1ccc(OC(F)F)cc1. The molecule has 12 heteroatoms. The van der Waals surface area contributed by atoms with E-state index in [1.165, 1.54) is 47.7 Å². The number of carbonyl (C=O) groups excluding carboxylic acids is 2. The molecule has 31 heavy (non-hydrogen) atoms. The number of rotatable bonds is 9. The number of anilines is 1. The van der Waals surface area contributed by atoms with Crippen LogP contribution in [0.25, 0.3) is 0 Å². The van der Waals surface area contributed by atoms with E-state index in [0.29, 0.717) is 16.0 Å². The van der Waals surface area contributed by atoms with Crippen LogP contribution in [0, 0.1) is 5.82 Å². The normalized spacial score (nSPS) is 10.7. The fraction of sp³-hybridized carbons (Fsp3) is 0.158. The first-order valence-electron chi connectivity index (χ1n) is 8.73. The molecular formula is C19H15F3N4O3S2. The van der Waals surface area contributed by atoms with Crippen molar-refractivity contribution >= 4 is 40.0 Å². The maximum absolute atomic E-state index is 12.9. The van der Waals surface area contributed by atoms with Crippen LogP contribution in [-0.4, -0.2) is 34.4 Å². The van der Waals surface area contributed by atoms with Crippen molar-refractivity contribution in [3.8, 4) is 5.75 Å². The zero-order chi connectivity index (χ0) is 22.2. The minimum Gasteiger partial charge on any atom is -0.435 e. The van der Waals surface area contributed by atoms with Gasteiger partial charge >= 0.3 is 6.61 Å². The predicted octanol–water partition coefficient (Wildman–Crippen LogP) is 3.94. The van der Waals surface area contributed by atoms with Gasteiger partial charge in [0.15, 0.2) is 4.34 Å². The van der Waals surface area contributed by atoms with E-state index in [1.54, 1.807) is 12.1 Å². The van der Waals surface area contributed by atoms with Crippen LogP contribution in [0.4, 0.5) is 18.3 Å². The van der Waals surface area contributed by atoms with Gasteiger partial charge in [-0.1, -0.05) is 35.2 Å². The lowest BCUT2D eigenvalue weighted by molar-refractivity contribution is -0.117. The lowest BCUT2D eigenvalue weighted by Gasteiger charge is -2.06. The molecule has 0 atom stereocenters. The summed E-state index contributed by atoms with van der Waals surface area (Å²) in [6, 6.07) is 11.0. The largest absolute Gasteiger partial charge is 0.435 e. The van der Waals surface area contributed by atoms with Gasteiger partial charge in [-0.3, -0.25) is 14.9 Å². The Bertz CT molecular complexity index is 1030. The van der Waals surface area contributed by atoms with Crippen molar-refractivity contribution < 1.29 is 27.5 Å². The van der Waals surface area contributed by atoms with Crippen LogP contribution in [0.15, 0.2) is 52.9 Å². The molecule has 0 fully saturated rings. The molecule has 0 spiro atoms. The third-order valence-corrected chi connectivity index (χ3v) is 5.70. The highest BCUT2D eigenvalue weighted by Gasteiger charge is 2.13. The number of hydrogen-bond acceptors (Lipinski definition) is 8. The first-order valence-corrected chi connectivity index (χ1v) is 10.5. The number of ether oxygens (including phenoxy) is 1. The standard InChI is InChI=1S/C19H15F3N4O3S2/c20-13-5-1-11(2-6-13)9-23-18-25-26-19(31-18)30-10-15(27)24-16(28)12-3-7-14(8-4-12)29-17(21)22/h1-8,17H,9-10H2,(H,23,25)(H,24,27,28). The minimum atomic E-state index is -2.96. The molecule has 2 aromatic carbocycles. The van der Waals surface area contributed by atoms with Crippen LogP contribution < -0.4 is 15.4 Å². The van der Waals surface area contributed by atoms with E-state index in [0.717, 1.165) is 17.3 Å². The van der Waals surface area contributed by atoms with Gasteiger partial charge in [0.1, 0.15) is 11.6 Å². The summed E-state index contributed by atoms with van der Waals surface area (Å²) in [5.41, 5.74) is 1.00. The van der Waals surface area contributed by atoms with Crippen molar-refractivity contribution in [1.82, 2.24) is 15.5 Å². The monoisotopic (exact) mass is 468 g/mol. The number of carbonyl (C=O) groups is 2. The summed E-state index contributed by atoms with van der Waals surface area (Å²) in [6.45, 7) is -2.52. The van der Waals surface area contributed by atoms with E-state index in [1.807, 2.05) is 0 Å². The summed E-state index contributed by atoms with van der Waals surface area (Å²) in [4.78, 5) is 24.0. The first kappa shape index (κ1) is 22.6. The second-order valence-electron chi connectivity index (χ2n) is 5.92. The predicted molar refractivity (Wildman–Crippen MR) is 110 cm³/mol. The van der Waals surface area contributed by atoms with Crippen LogP contribution in [0.1, 0.15) is 15.9 Å². The highest BCUT2D eigenvalue weighted by atomic mass is 32.2. The summed E-state index contributed by atoms with van der Waals surface area (Å²) >= 11 is 2.34. The van der Waals surface area contributed by atoms with Gasteiger partial charge in [-0.15, -0.1) is 10.2 Å². The molecule has 0 aliphatic carbocycles. The maximum Gasteiger partial charge on any atom is 0.387 e. The topological polar surface area (TPSA) is 93.2 Å². The summed E-state index contributed by atoms with van der Waals surface area (Å²) in [7, 11) is 0. The number of hydrogen-bond donors (Lipinski definition) is 2. The van der Waals surface area contributed by atoms with E-state index in [4.69, 9.17) is 0 Å². The molecule has 1 heterocycles. The van der Waals surface area contributed by atoms with Crippen molar-refractivity contribution in [2.24, 2.45) is 0 Å². The molecule has 0 aliphatic heterocycles. The van der Waals surface area contributed by atoms with Crippen LogP contribution in [0.3, 0.4) is 0 Å². The van der Waals surface area contributed by atoms with E-state index in [2.05, 4.69) is 25.6 Å². The molecule has 3 aromatic rings. The number of imide groups is 1. The average Bonchev–Trinajstić information content (AvgIpc) is 3.20. The Morgan fingerprint density at radius 3 is 2.45 bits per heavy atom. The zero-order valence-electron chi connectivity index (χ0n) is 15.7. The van der Waals surface area contributed by atoms with Gasteiger partial charge in [0.05, 0.1) is 5.75 Å². The van der Waals surface area contributed by atoms with Crippen molar-refractivity contribution in [2.45, 2.75) is 17.5 Å². The van der Waals surface area contributed by atoms with Crippen LogP contribution in [-0.2, 0) is 11.3 Å². The Morgan fingerprint density at radius 1 is 1.06 bits per heavy atom. The Balaban J connectivity index is 1.43. The maximum atomic E-state index is 12.9. The van der Waals surface area contributed by atoms with Gasteiger partial charge in [-0.2, -0.15) is 8.78 Å². The molecular weight excluding hydrogens is 453 g/mol. The van der Waals surface area contributed by atoms with E-state index in [-0.39, 0.29) is 22.9 Å². The minimum absolute atomic E-state index is 0.0646. The number of benzene rings is 2. The van der Waals surface area contributed by atoms with Crippen molar-refractivity contribution in [1.29, 1.82) is 0 Å². The second kappa shape index (κ2) is 10.8.